The SMILES string of the molecule is C[C@@H]1CCC/C(=N/NC(=O)CNS(=O)(=O)c2ccccc2)C1. The zero-order chi connectivity index (χ0) is 16.0. The maximum atomic E-state index is 12.0. The average Bonchev–Trinajstić information content (AvgIpc) is 2.52. The summed E-state index contributed by atoms with van der Waals surface area (Å²) in [6.45, 7) is 1.83. The van der Waals surface area contributed by atoms with Crippen molar-refractivity contribution in [3.05, 3.63) is 30.3 Å². The fourth-order valence-electron chi connectivity index (χ4n) is 2.39. The lowest BCUT2D eigenvalue weighted by molar-refractivity contribution is -0.119. The summed E-state index contributed by atoms with van der Waals surface area (Å²) >= 11 is 0. The number of rotatable bonds is 5. The van der Waals surface area contributed by atoms with Crippen molar-refractivity contribution in [2.75, 3.05) is 6.54 Å². The number of hydrogen-bond donors (Lipinski definition) is 2. The van der Waals surface area contributed by atoms with Crippen molar-refractivity contribution in [2.24, 2.45) is 11.0 Å². The Hall–Kier alpha value is -1.73. The van der Waals surface area contributed by atoms with E-state index in [1.54, 1.807) is 18.2 Å². The van der Waals surface area contributed by atoms with E-state index in [-0.39, 0.29) is 11.4 Å². The van der Waals surface area contributed by atoms with Crippen LogP contribution in [-0.2, 0) is 14.8 Å². The molecule has 1 aliphatic rings. The largest absolute Gasteiger partial charge is 0.272 e. The third kappa shape index (κ3) is 4.92. The Labute approximate surface area is 131 Å². The number of nitrogens with zero attached hydrogens (tertiary/aromatic N) is 1. The highest BCUT2D eigenvalue weighted by Gasteiger charge is 2.16. The lowest BCUT2D eigenvalue weighted by Crippen LogP contribution is -2.35. The molecule has 22 heavy (non-hydrogen) atoms. The number of hydrazone groups is 1. The van der Waals surface area contributed by atoms with E-state index in [0.29, 0.717) is 5.92 Å². The van der Waals surface area contributed by atoms with Crippen LogP contribution in [0.5, 0.6) is 0 Å². The van der Waals surface area contributed by atoms with Crippen LogP contribution in [0, 0.1) is 5.92 Å². The molecule has 120 valence electrons. The van der Waals surface area contributed by atoms with E-state index >= 15 is 0 Å². The summed E-state index contributed by atoms with van der Waals surface area (Å²) in [5.74, 6) is 0.117. The fraction of sp³-hybridized carbons (Fsp3) is 0.467. The predicted molar refractivity (Wildman–Crippen MR) is 84.8 cm³/mol. The normalized spacial score (nSPS) is 20.8. The van der Waals surface area contributed by atoms with Crippen LogP contribution in [0.15, 0.2) is 40.3 Å². The molecule has 0 bridgehead atoms. The van der Waals surface area contributed by atoms with Crippen molar-refractivity contribution in [1.29, 1.82) is 0 Å². The van der Waals surface area contributed by atoms with Crippen LogP contribution in [0.4, 0.5) is 0 Å². The molecular weight excluding hydrogens is 302 g/mol. The van der Waals surface area contributed by atoms with E-state index in [9.17, 15) is 13.2 Å². The fourth-order valence-corrected chi connectivity index (χ4v) is 3.39. The highest BCUT2D eigenvalue weighted by molar-refractivity contribution is 7.89. The third-order valence-corrected chi connectivity index (χ3v) is 4.98. The molecule has 6 nitrogen and oxygen atoms in total. The van der Waals surface area contributed by atoms with E-state index in [1.165, 1.54) is 18.6 Å². The number of hydrogen-bond acceptors (Lipinski definition) is 4. The van der Waals surface area contributed by atoms with Gasteiger partial charge in [0.05, 0.1) is 11.4 Å². The molecule has 0 unspecified atom stereocenters. The van der Waals surface area contributed by atoms with E-state index in [2.05, 4.69) is 22.2 Å². The van der Waals surface area contributed by atoms with Gasteiger partial charge in [-0.1, -0.05) is 25.1 Å². The van der Waals surface area contributed by atoms with E-state index in [4.69, 9.17) is 0 Å². The minimum absolute atomic E-state index is 0.134. The second-order valence-electron chi connectivity index (χ2n) is 5.55. The Morgan fingerprint density at radius 2 is 2.05 bits per heavy atom. The molecule has 2 N–H and O–H groups in total. The van der Waals surface area contributed by atoms with Crippen molar-refractivity contribution in [3.8, 4) is 0 Å². The summed E-state index contributed by atoms with van der Waals surface area (Å²) in [5.41, 5.74) is 3.39. The molecule has 0 aliphatic heterocycles. The Morgan fingerprint density at radius 3 is 2.73 bits per heavy atom. The number of carbonyl (C=O) groups is 1. The molecule has 0 spiro atoms. The second kappa shape index (κ2) is 7.51. The summed E-state index contributed by atoms with van der Waals surface area (Å²) in [6, 6.07) is 7.94. The Morgan fingerprint density at radius 1 is 1.32 bits per heavy atom. The topological polar surface area (TPSA) is 87.6 Å². The van der Waals surface area contributed by atoms with Crippen molar-refractivity contribution in [2.45, 2.75) is 37.5 Å². The smallest absolute Gasteiger partial charge is 0.255 e. The van der Waals surface area contributed by atoms with Crippen LogP contribution in [0.3, 0.4) is 0 Å². The van der Waals surface area contributed by atoms with E-state index < -0.39 is 15.9 Å². The molecule has 2 rings (SSSR count). The molecule has 1 saturated carbocycles. The van der Waals surface area contributed by atoms with Crippen molar-refractivity contribution in [1.82, 2.24) is 10.1 Å². The Bertz CT molecular complexity index is 641. The first kappa shape index (κ1) is 16.6. The standard InChI is InChI=1S/C15H21N3O3S/c1-12-6-5-7-13(10-12)17-18-15(19)11-16-22(20,21)14-8-3-2-4-9-14/h2-4,8-9,12,16H,5-7,10-11H2,1H3,(H,18,19)/b17-13-/t12-/m1/s1. The lowest BCUT2D eigenvalue weighted by atomic mass is 9.89. The number of benzene rings is 1. The van der Waals surface area contributed by atoms with Gasteiger partial charge in [-0.3, -0.25) is 4.79 Å². The number of nitrogens with one attached hydrogen (secondary N) is 2. The van der Waals surface area contributed by atoms with Crippen LogP contribution in [0.2, 0.25) is 0 Å². The molecule has 1 fully saturated rings. The molecule has 1 aromatic carbocycles. The molecule has 7 heteroatoms. The van der Waals surface area contributed by atoms with Gasteiger partial charge in [-0.05, 0) is 43.7 Å². The van der Waals surface area contributed by atoms with Gasteiger partial charge in [0, 0.05) is 5.71 Å². The molecule has 1 amide bonds. The molecule has 1 aromatic rings. The molecule has 0 aromatic heterocycles. The van der Waals surface area contributed by atoms with Gasteiger partial charge in [0.2, 0.25) is 10.0 Å². The average molecular weight is 323 g/mol. The third-order valence-electron chi connectivity index (χ3n) is 3.56. The molecule has 0 saturated heterocycles. The number of sulfonamides is 1. The first-order chi connectivity index (χ1) is 10.5. The van der Waals surface area contributed by atoms with Crippen molar-refractivity contribution >= 4 is 21.6 Å². The van der Waals surface area contributed by atoms with Gasteiger partial charge in [-0.15, -0.1) is 0 Å². The monoisotopic (exact) mass is 323 g/mol. The Kier molecular flexibility index (Phi) is 5.68. The van der Waals surface area contributed by atoms with Crippen LogP contribution in [0.1, 0.15) is 32.6 Å². The van der Waals surface area contributed by atoms with Crippen LogP contribution in [0.25, 0.3) is 0 Å². The number of amides is 1. The lowest BCUT2D eigenvalue weighted by Gasteiger charge is -2.18. The highest BCUT2D eigenvalue weighted by atomic mass is 32.2. The maximum Gasteiger partial charge on any atom is 0.255 e. The molecule has 0 radical (unpaired) electrons. The van der Waals surface area contributed by atoms with Crippen LogP contribution >= 0.6 is 0 Å². The van der Waals surface area contributed by atoms with Gasteiger partial charge in [-0.2, -0.15) is 5.10 Å². The van der Waals surface area contributed by atoms with E-state index in [0.717, 1.165) is 25.0 Å². The summed E-state index contributed by atoms with van der Waals surface area (Å²) in [4.78, 5) is 11.8. The van der Waals surface area contributed by atoms with Gasteiger partial charge < -0.3 is 0 Å². The first-order valence-corrected chi connectivity index (χ1v) is 8.84. The van der Waals surface area contributed by atoms with Crippen LogP contribution < -0.4 is 10.1 Å². The summed E-state index contributed by atoms with van der Waals surface area (Å²) in [5, 5.41) is 4.09. The summed E-state index contributed by atoms with van der Waals surface area (Å²) in [6.07, 6.45) is 4.04. The zero-order valence-corrected chi connectivity index (χ0v) is 13.4. The van der Waals surface area contributed by atoms with E-state index in [1.807, 2.05) is 0 Å². The van der Waals surface area contributed by atoms with Gasteiger partial charge in [-0.25, -0.2) is 18.6 Å². The second-order valence-corrected chi connectivity index (χ2v) is 7.32. The Balaban J connectivity index is 1.84. The highest BCUT2D eigenvalue weighted by Crippen LogP contribution is 2.20. The summed E-state index contributed by atoms with van der Waals surface area (Å²) < 4.78 is 26.2. The maximum absolute atomic E-state index is 12.0. The molecule has 1 atom stereocenters. The molecular formula is C15H21N3O3S. The van der Waals surface area contributed by atoms with Crippen LogP contribution in [-0.4, -0.2) is 26.6 Å². The first-order valence-electron chi connectivity index (χ1n) is 7.36. The predicted octanol–water partition coefficient (Wildman–Crippen LogP) is 1.65. The molecule has 0 heterocycles. The minimum atomic E-state index is -3.67. The van der Waals surface area contributed by atoms with Gasteiger partial charge >= 0.3 is 0 Å². The summed E-state index contributed by atoms with van der Waals surface area (Å²) in [7, 11) is -3.67. The number of carbonyl (C=O) groups excluding carboxylic acids is 1. The minimum Gasteiger partial charge on any atom is -0.272 e. The van der Waals surface area contributed by atoms with Gasteiger partial charge in [0.25, 0.3) is 5.91 Å². The zero-order valence-electron chi connectivity index (χ0n) is 12.6. The quantitative estimate of drug-likeness (QED) is 0.808. The van der Waals surface area contributed by atoms with Gasteiger partial charge in [0.1, 0.15) is 0 Å². The van der Waals surface area contributed by atoms with Crippen molar-refractivity contribution < 1.29 is 13.2 Å². The molecule has 1 aliphatic carbocycles. The van der Waals surface area contributed by atoms with Gasteiger partial charge in [0.15, 0.2) is 0 Å². The van der Waals surface area contributed by atoms with Crippen molar-refractivity contribution in [3.63, 3.8) is 0 Å².